The van der Waals surface area contributed by atoms with E-state index >= 15 is 0 Å². The summed E-state index contributed by atoms with van der Waals surface area (Å²) in [6, 6.07) is 13.7. The zero-order valence-corrected chi connectivity index (χ0v) is 12.0. The standard InChI is InChI=1S/C17H13F2N3O/c18-13-4-2-12(3-5-13)15-6-8-17(22-21-15)20-10-11-1-7-16(23)14(19)9-11/h1-9,23H,10H2,(H,20,22). The van der Waals surface area contributed by atoms with Crippen LogP contribution in [0.4, 0.5) is 14.6 Å². The number of nitrogens with zero attached hydrogens (tertiary/aromatic N) is 2. The normalized spacial score (nSPS) is 10.5. The second-order valence-electron chi connectivity index (χ2n) is 4.95. The summed E-state index contributed by atoms with van der Waals surface area (Å²) in [4.78, 5) is 0. The lowest BCUT2D eigenvalue weighted by Crippen LogP contribution is -2.03. The fraction of sp³-hybridized carbons (Fsp3) is 0.0588. The van der Waals surface area contributed by atoms with Crippen LogP contribution >= 0.6 is 0 Å². The lowest BCUT2D eigenvalue weighted by Gasteiger charge is -2.07. The highest BCUT2D eigenvalue weighted by Gasteiger charge is 2.04. The van der Waals surface area contributed by atoms with Gasteiger partial charge >= 0.3 is 0 Å². The van der Waals surface area contributed by atoms with E-state index in [1.165, 1.54) is 24.3 Å². The van der Waals surface area contributed by atoms with Gasteiger partial charge in [0.2, 0.25) is 0 Å². The number of aromatic hydroxyl groups is 1. The van der Waals surface area contributed by atoms with E-state index in [4.69, 9.17) is 5.11 Å². The van der Waals surface area contributed by atoms with Crippen molar-refractivity contribution in [2.75, 3.05) is 5.32 Å². The maximum Gasteiger partial charge on any atom is 0.165 e. The minimum absolute atomic E-state index is 0.305. The Morgan fingerprint density at radius 1 is 0.913 bits per heavy atom. The van der Waals surface area contributed by atoms with Crippen LogP contribution in [0.15, 0.2) is 54.6 Å². The van der Waals surface area contributed by atoms with Crippen molar-refractivity contribution in [3.05, 3.63) is 71.8 Å². The first-order valence-corrected chi connectivity index (χ1v) is 6.93. The molecule has 116 valence electrons. The number of anilines is 1. The van der Waals surface area contributed by atoms with Crippen LogP contribution in [0.25, 0.3) is 11.3 Å². The lowest BCUT2D eigenvalue weighted by molar-refractivity contribution is 0.432. The average molecular weight is 313 g/mol. The molecule has 1 heterocycles. The molecule has 4 nitrogen and oxygen atoms in total. The lowest BCUT2D eigenvalue weighted by atomic mass is 10.1. The molecule has 0 fully saturated rings. The molecule has 0 radical (unpaired) electrons. The molecule has 3 rings (SSSR count). The minimum Gasteiger partial charge on any atom is -0.505 e. The molecular weight excluding hydrogens is 300 g/mol. The summed E-state index contributed by atoms with van der Waals surface area (Å²) in [5.41, 5.74) is 2.07. The van der Waals surface area contributed by atoms with Gasteiger partial charge in [-0.2, -0.15) is 0 Å². The Labute approximate surface area is 131 Å². The second-order valence-corrected chi connectivity index (χ2v) is 4.95. The van der Waals surface area contributed by atoms with Crippen LogP contribution < -0.4 is 5.32 Å². The fourth-order valence-corrected chi connectivity index (χ4v) is 2.05. The smallest absolute Gasteiger partial charge is 0.165 e. The third-order valence-corrected chi connectivity index (χ3v) is 3.29. The van der Waals surface area contributed by atoms with E-state index in [2.05, 4.69) is 15.5 Å². The van der Waals surface area contributed by atoms with Crippen LogP contribution in [0.5, 0.6) is 5.75 Å². The molecule has 1 aromatic heterocycles. The van der Waals surface area contributed by atoms with Gasteiger partial charge in [-0.1, -0.05) is 6.07 Å². The van der Waals surface area contributed by atoms with Crippen LogP contribution in [-0.4, -0.2) is 15.3 Å². The number of hydrogen-bond acceptors (Lipinski definition) is 4. The van der Waals surface area contributed by atoms with Crippen LogP contribution in [0, 0.1) is 11.6 Å². The topological polar surface area (TPSA) is 58.0 Å². The summed E-state index contributed by atoms with van der Waals surface area (Å²) in [5, 5.41) is 20.3. The SMILES string of the molecule is Oc1ccc(CNc2ccc(-c3ccc(F)cc3)nn2)cc1F. The van der Waals surface area contributed by atoms with Crippen molar-refractivity contribution in [1.82, 2.24) is 10.2 Å². The average Bonchev–Trinajstić information content (AvgIpc) is 2.57. The van der Waals surface area contributed by atoms with Gasteiger partial charge in [-0.3, -0.25) is 0 Å². The third kappa shape index (κ3) is 3.60. The van der Waals surface area contributed by atoms with Gasteiger partial charge in [0.05, 0.1) is 5.69 Å². The predicted molar refractivity (Wildman–Crippen MR) is 82.8 cm³/mol. The molecule has 0 aliphatic heterocycles. The number of nitrogens with one attached hydrogen (secondary N) is 1. The molecule has 0 unspecified atom stereocenters. The van der Waals surface area contributed by atoms with E-state index in [1.807, 2.05) is 0 Å². The highest BCUT2D eigenvalue weighted by molar-refractivity contribution is 5.59. The number of aromatic nitrogens is 2. The molecule has 0 aliphatic carbocycles. The first-order chi connectivity index (χ1) is 11.1. The van der Waals surface area contributed by atoms with Crippen molar-refractivity contribution in [2.45, 2.75) is 6.54 Å². The largest absolute Gasteiger partial charge is 0.505 e. The molecule has 3 aromatic rings. The molecule has 0 saturated heterocycles. The number of benzene rings is 2. The van der Waals surface area contributed by atoms with Crippen molar-refractivity contribution >= 4 is 5.82 Å². The van der Waals surface area contributed by atoms with Gasteiger partial charge < -0.3 is 10.4 Å². The summed E-state index contributed by atoms with van der Waals surface area (Å²) in [7, 11) is 0. The van der Waals surface area contributed by atoms with Gasteiger partial charge in [0, 0.05) is 12.1 Å². The predicted octanol–water partition coefficient (Wildman–Crippen LogP) is 3.74. The Balaban J connectivity index is 1.67. The van der Waals surface area contributed by atoms with Crippen molar-refractivity contribution in [2.24, 2.45) is 0 Å². The molecule has 0 amide bonds. The molecule has 2 N–H and O–H groups in total. The number of phenolic OH excluding ortho intramolecular Hbond substituents is 1. The van der Waals surface area contributed by atoms with E-state index < -0.39 is 5.82 Å². The third-order valence-electron chi connectivity index (χ3n) is 3.29. The number of halogens is 2. The Morgan fingerprint density at radius 3 is 2.35 bits per heavy atom. The molecular formula is C17H13F2N3O. The zero-order valence-electron chi connectivity index (χ0n) is 12.0. The second kappa shape index (κ2) is 6.39. The van der Waals surface area contributed by atoms with Gasteiger partial charge in [-0.15, -0.1) is 10.2 Å². The Morgan fingerprint density at radius 2 is 1.70 bits per heavy atom. The van der Waals surface area contributed by atoms with Crippen LogP contribution in [0.1, 0.15) is 5.56 Å². The van der Waals surface area contributed by atoms with E-state index in [-0.39, 0.29) is 11.6 Å². The monoisotopic (exact) mass is 313 g/mol. The number of hydrogen-bond donors (Lipinski definition) is 2. The van der Waals surface area contributed by atoms with Crippen LogP contribution in [0.3, 0.4) is 0 Å². The Kier molecular flexibility index (Phi) is 4.14. The van der Waals surface area contributed by atoms with Crippen molar-refractivity contribution in [3.8, 4) is 17.0 Å². The first kappa shape index (κ1) is 14.9. The maximum absolute atomic E-state index is 13.2. The van der Waals surface area contributed by atoms with Gasteiger partial charge in [-0.05, 0) is 54.1 Å². The summed E-state index contributed by atoms with van der Waals surface area (Å²) >= 11 is 0. The highest BCUT2D eigenvalue weighted by atomic mass is 19.1. The quantitative estimate of drug-likeness (QED) is 0.770. The maximum atomic E-state index is 13.2. The summed E-state index contributed by atoms with van der Waals surface area (Å²) < 4.78 is 26.1. The zero-order chi connectivity index (χ0) is 16.2. The van der Waals surface area contributed by atoms with Crippen LogP contribution in [0.2, 0.25) is 0 Å². The fourth-order valence-electron chi connectivity index (χ4n) is 2.05. The van der Waals surface area contributed by atoms with Gasteiger partial charge in [0.25, 0.3) is 0 Å². The first-order valence-electron chi connectivity index (χ1n) is 6.93. The summed E-state index contributed by atoms with van der Waals surface area (Å²) in [6.07, 6.45) is 0. The van der Waals surface area contributed by atoms with Crippen molar-refractivity contribution in [3.63, 3.8) is 0 Å². The molecule has 0 saturated carbocycles. The number of phenols is 1. The van der Waals surface area contributed by atoms with Gasteiger partial charge in [-0.25, -0.2) is 8.78 Å². The van der Waals surface area contributed by atoms with Gasteiger partial charge in [0.15, 0.2) is 11.6 Å². The van der Waals surface area contributed by atoms with Crippen LogP contribution in [-0.2, 0) is 6.54 Å². The molecule has 0 aliphatic rings. The minimum atomic E-state index is -0.665. The van der Waals surface area contributed by atoms with Crippen molar-refractivity contribution < 1.29 is 13.9 Å². The van der Waals surface area contributed by atoms with E-state index in [1.54, 1.807) is 30.3 Å². The Hall–Kier alpha value is -3.02. The molecule has 0 bridgehead atoms. The molecule has 2 aromatic carbocycles. The van der Waals surface area contributed by atoms with E-state index in [0.717, 1.165) is 5.56 Å². The Bertz CT molecular complexity index is 805. The van der Waals surface area contributed by atoms with E-state index in [9.17, 15) is 8.78 Å². The molecule has 23 heavy (non-hydrogen) atoms. The molecule has 0 atom stereocenters. The van der Waals surface area contributed by atoms with Gasteiger partial charge in [0.1, 0.15) is 11.6 Å². The molecule has 6 heteroatoms. The van der Waals surface area contributed by atoms with E-state index in [0.29, 0.717) is 23.6 Å². The number of rotatable bonds is 4. The highest BCUT2D eigenvalue weighted by Crippen LogP contribution is 2.19. The molecule has 0 spiro atoms. The summed E-state index contributed by atoms with van der Waals surface area (Å²) in [6.45, 7) is 0.349. The van der Waals surface area contributed by atoms with Crippen molar-refractivity contribution in [1.29, 1.82) is 0 Å². The summed E-state index contributed by atoms with van der Waals surface area (Å²) in [5.74, 6) is -0.815.